The second kappa shape index (κ2) is 5.27. The summed E-state index contributed by atoms with van der Waals surface area (Å²) in [6.07, 6.45) is 0. The number of benzene rings is 1. The molecule has 1 aromatic carbocycles. The lowest BCUT2D eigenvalue weighted by Gasteiger charge is -2.42. The van der Waals surface area contributed by atoms with Crippen molar-refractivity contribution in [1.29, 1.82) is 0 Å². The largest absolute Gasteiger partial charge is 0.366 e. The van der Waals surface area contributed by atoms with E-state index in [1.807, 2.05) is 0 Å². The molecule has 0 spiro atoms. The van der Waals surface area contributed by atoms with Crippen molar-refractivity contribution in [3.8, 4) is 0 Å². The molecule has 104 valence electrons. The van der Waals surface area contributed by atoms with E-state index in [0.717, 1.165) is 19.6 Å². The lowest BCUT2D eigenvalue weighted by molar-refractivity contribution is 0.0815. The van der Waals surface area contributed by atoms with E-state index >= 15 is 0 Å². The molecule has 1 fully saturated rings. The van der Waals surface area contributed by atoms with Gasteiger partial charge in [-0.05, 0) is 26.0 Å². The van der Waals surface area contributed by atoms with Crippen molar-refractivity contribution < 1.29 is 9.18 Å². The van der Waals surface area contributed by atoms with E-state index in [-0.39, 0.29) is 16.9 Å². The first kappa shape index (κ1) is 14.0. The van der Waals surface area contributed by atoms with Crippen molar-refractivity contribution in [2.45, 2.75) is 25.9 Å². The summed E-state index contributed by atoms with van der Waals surface area (Å²) in [5.41, 5.74) is 5.94. The number of primary amides is 1. The zero-order chi connectivity index (χ0) is 14.0. The van der Waals surface area contributed by atoms with E-state index in [4.69, 9.17) is 5.73 Å². The van der Waals surface area contributed by atoms with E-state index in [9.17, 15) is 9.18 Å². The van der Waals surface area contributed by atoms with Crippen LogP contribution in [0.1, 0.15) is 29.8 Å². The maximum absolute atomic E-state index is 14.0. The topological polar surface area (TPSA) is 58.4 Å². The first-order chi connectivity index (χ1) is 8.90. The van der Waals surface area contributed by atoms with Crippen molar-refractivity contribution in [1.82, 2.24) is 10.2 Å². The molecule has 0 unspecified atom stereocenters. The van der Waals surface area contributed by atoms with E-state index in [1.165, 1.54) is 6.07 Å². The molecule has 1 aliphatic heterocycles. The number of nitrogens with zero attached hydrogens (tertiary/aromatic N) is 1. The fourth-order valence-electron chi connectivity index (χ4n) is 2.35. The zero-order valence-electron chi connectivity index (χ0n) is 11.4. The molecule has 0 saturated carbocycles. The van der Waals surface area contributed by atoms with Crippen LogP contribution in [0.3, 0.4) is 0 Å². The summed E-state index contributed by atoms with van der Waals surface area (Å²) < 4.78 is 14.0. The summed E-state index contributed by atoms with van der Waals surface area (Å²) in [6, 6.07) is 4.44. The van der Waals surface area contributed by atoms with Crippen LogP contribution in [0.15, 0.2) is 18.2 Å². The first-order valence-corrected chi connectivity index (χ1v) is 6.44. The maximum atomic E-state index is 14.0. The standard InChI is InChI=1S/C14H20FN3O/c1-14(2)9-17-5-6-18(14)8-11-4-3-10(13(16)19)7-12(11)15/h3-4,7,17H,5-6,8-9H2,1-2H3,(H2,16,19). The first-order valence-electron chi connectivity index (χ1n) is 6.44. The second-order valence-corrected chi connectivity index (χ2v) is 5.58. The van der Waals surface area contributed by atoms with Gasteiger partial charge in [-0.1, -0.05) is 6.07 Å². The minimum absolute atomic E-state index is 0.00690. The normalized spacial score (nSPS) is 19.3. The van der Waals surface area contributed by atoms with Crippen LogP contribution >= 0.6 is 0 Å². The van der Waals surface area contributed by atoms with Gasteiger partial charge in [-0.15, -0.1) is 0 Å². The van der Waals surface area contributed by atoms with Gasteiger partial charge in [0.05, 0.1) is 0 Å². The summed E-state index contributed by atoms with van der Waals surface area (Å²) in [4.78, 5) is 13.2. The van der Waals surface area contributed by atoms with Crippen LogP contribution < -0.4 is 11.1 Å². The highest BCUT2D eigenvalue weighted by Gasteiger charge is 2.29. The van der Waals surface area contributed by atoms with Crippen LogP contribution in [0.4, 0.5) is 4.39 Å². The highest BCUT2D eigenvalue weighted by atomic mass is 19.1. The molecule has 1 heterocycles. The Hall–Kier alpha value is -1.46. The Morgan fingerprint density at radius 3 is 2.84 bits per heavy atom. The third-order valence-corrected chi connectivity index (χ3v) is 3.67. The van der Waals surface area contributed by atoms with Crippen LogP contribution in [-0.2, 0) is 6.54 Å². The Bertz CT molecular complexity index is 488. The number of halogens is 1. The fraction of sp³-hybridized carbons (Fsp3) is 0.500. The van der Waals surface area contributed by atoms with Gasteiger partial charge in [0, 0.05) is 42.8 Å². The van der Waals surface area contributed by atoms with Gasteiger partial charge in [0.25, 0.3) is 0 Å². The van der Waals surface area contributed by atoms with Crippen molar-refractivity contribution in [3.05, 3.63) is 35.1 Å². The number of carbonyl (C=O) groups excluding carboxylic acids is 1. The molecular weight excluding hydrogens is 245 g/mol. The second-order valence-electron chi connectivity index (χ2n) is 5.58. The number of piperazine rings is 1. The zero-order valence-corrected chi connectivity index (χ0v) is 11.4. The SMILES string of the molecule is CC1(C)CNCCN1Cc1ccc(C(N)=O)cc1F. The number of hydrogen-bond donors (Lipinski definition) is 2. The molecule has 19 heavy (non-hydrogen) atoms. The molecule has 4 nitrogen and oxygen atoms in total. The van der Waals surface area contributed by atoms with Crippen LogP contribution in [0.2, 0.25) is 0 Å². The summed E-state index contributed by atoms with van der Waals surface area (Å²) >= 11 is 0. The minimum atomic E-state index is -0.604. The van der Waals surface area contributed by atoms with Crippen LogP contribution in [0, 0.1) is 5.82 Å². The van der Waals surface area contributed by atoms with Gasteiger partial charge in [0.15, 0.2) is 0 Å². The molecule has 2 rings (SSSR count). The van der Waals surface area contributed by atoms with Gasteiger partial charge in [-0.2, -0.15) is 0 Å². The van der Waals surface area contributed by atoms with E-state index in [1.54, 1.807) is 12.1 Å². The molecule has 3 N–H and O–H groups in total. The molecule has 0 aromatic heterocycles. The lowest BCUT2D eigenvalue weighted by Crippen LogP contribution is -2.57. The number of amides is 1. The van der Waals surface area contributed by atoms with Gasteiger partial charge in [-0.3, -0.25) is 9.69 Å². The number of rotatable bonds is 3. The van der Waals surface area contributed by atoms with Gasteiger partial charge < -0.3 is 11.1 Å². The van der Waals surface area contributed by atoms with E-state index < -0.39 is 5.91 Å². The lowest BCUT2D eigenvalue weighted by atomic mass is 9.99. The monoisotopic (exact) mass is 265 g/mol. The minimum Gasteiger partial charge on any atom is -0.366 e. The number of hydrogen-bond acceptors (Lipinski definition) is 3. The molecule has 1 amide bonds. The van der Waals surface area contributed by atoms with Gasteiger partial charge in [0.2, 0.25) is 5.91 Å². The van der Waals surface area contributed by atoms with Gasteiger partial charge >= 0.3 is 0 Å². The van der Waals surface area contributed by atoms with Crippen LogP contribution in [0.5, 0.6) is 0 Å². The Balaban J connectivity index is 2.17. The molecule has 0 radical (unpaired) electrons. The molecule has 1 aromatic rings. The van der Waals surface area contributed by atoms with E-state index in [2.05, 4.69) is 24.1 Å². The number of carbonyl (C=O) groups is 1. The predicted molar refractivity (Wildman–Crippen MR) is 72.3 cm³/mol. The quantitative estimate of drug-likeness (QED) is 0.860. The third kappa shape index (κ3) is 3.11. The maximum Gasteiger partial charge on any atom is 0.248 e. The molecule has 0 aliphatic carbocycles. The predicted octanol–water partition coefficient (Wildman–Crippen LogP) is 1.11. The molecule has 0 bridgehead atoms. The summed E-state index contributed by atoms with van der Waals surface area (Å²) in [5.74, 6) is -0.974. The van der Waals surface area contributed by atoms with Gasteiger partial charge in [-0.25, -0.2) is 4.39 Å². The van der Waals surface area contributed by atoms with Crippen molar-refractivity contribution in [2.75, 3.05) is 19.6 Å². The summed E-state index contributed by atoms with van der Waals surface area (Å²) in [6.45, 7) is 7.48. The van der Waals surface area contributed by atoms with Crippen molar-refractivity contribution >= 4 is 5.91 Å². The average molecular weight is 265 g/mol. The molecular formula is C14H20FN3O. The van der Waals surface area contributed by atoms with Crippen molar-refractivity contribution in [3.63, 3.8) is 0 Å². The molecule has 5 heteroatoms. The molecule has 1 aliphatic rings. The summed E-state index contributed by atoms with van der Waals surface area (Å²) in [5, 5.41) is 3.33. The smallest absolute Gasteiger partial charge is 0.248 e. The van der Waals surface area contributed by atoms with Crippen LogP contribution in [0.25, 0.3) is 0 Å². The Labute approximate surface area is 112 Å². The third-order valence-electron chi connectivity index (χ3n) is 3.67. The number of nitrogens with one attached hydrogen (secondary N) is 1. The number of nitrogens with two attached hydrogens (primary N) is 1. The van der Waals surface area contributed by atoms with Crippen molar-refractivity contribution in [2.24, 2.45) is 5.73 Å². The molecule has 1 saturated heterocycles. The Morgan fingerprint density at radius 1 is 1.53 bits per heavy atom. The Morgan fingerprint density at radius 2 is 2.26 bits per heavy atom. The fourth-order valence-corrected chi connectivity index (χ4v) is 2.35. The Kier molecular flexibility index (Phi) is 3.87. The van der Waals surface area contributed by atoms with Gasteiger partial charge in [0.1, 0.15) is 5.82 Å². The molecule has 0 atom stereocenters. The average Bonchev–Trinajstić information content (AvgIpc) is 2.33. The highest BCUT2D eigenvalue weighted by Crippen LogP contribution is 2.21. The summed E-state index contributed by atoms with van der Waals surface area (Å²) in [7, 11) is 0. The van der Waals surface area contributed by atoms with Crippen LogP contribution in [-0.4, -0.2) is 36.0 Å². The highest BCUT2D eigenvalue weighted by molar-refractivity contribution is 5.92. The van der Waals surface area contributed by atoms with E-state index in [0.29, 0.717) is 12.1 Å².